The van der Waals surface area contributed by atoms with Crippen molar-refractivity contribution < 1.29 is 13.2 Å². The van der Waals surface area contributed by atoms with E-state index in [0.29, 0.717) is 24.5 Å². The molecule has 2 amide bonds. The predicted octanol–water partition coefficient (Wildman–Crippen LogP) is 2.09. The zero-order chi connectivity index (χ0) is 17.0. The molecule has 2 N–H and O–H groups in total. The van der Waals surface area contributed by atoms with Gasteiger partial charge in [0.2, 0.25) is 0 Å². The van der Waals surface area contributed by atoms with Gasteiger partial charge in [0.05, 0.1) is 5.69 Å². The van der Waals surface area contributed by atoms with Crippen LogP contribution >= 0.6 is 0 Å². The Balaban J connectivity index is 2.04. The van der Waals surface area contributed by atoms with Gasteiger partial charge in [-0.2, -0.15) is 12.7 Å². The standard InChI is InChI=1S/C15H22N4O3S/c1-12-7-9-19(10-8-12)15(20)16-13-5-4-6-14(11-13)17-23(21,22)18(2)3/h4-7,11,17H,8-10H2,1-3H3,(H,16,20). The second kappa shape index (κ2) is 7.01. The van der Waals surface area contributed by atoms with Gasteiger partial charge in [-0.1, -0.05) is 17.7 Å². The Morgan fingerprint density at radius 1 is 1.26 bits per heavy atom. The highest BCUT2D eigenvalue weighted by Crippen LogP contribution is 2.18. The molecule has 0 aliphatic carbocycles. The van der Waals surface area contributed by atoms with Crippen molar-refractivity contribution in [2.75, 3.05) is 37.2 Å². The second-order valence-corrected chi connectivity index (χ2v) is 7.53. The number of nitrogens with one attached hydrogen (secondary N) is 2. The largest absolute Gasteiger partial charge is 0.322 e. The molecule has 1 aromatic carbocycles. The van der Waals surface area contributed by atoms with E-state index < -0.39 is 10.2 Å². The predicted molar refractivity (Wildman–Crippen MR) is 91.6 cm³/mol. The van der Waals surface area contributed by atoms with Crippen molar-refractivity contribution in [3.8, 4) is 0 Å². The molecular weight excluding hydrogens is 316 g/mol. The van der Waals surface area contributed by atoms with Crippen LogP contribution in [0.5, 0.6) is 0 Å². The molecule has 23 heavy (non-hydrogen) atoms. The van der Waals surface area contributed by atoms with Crippen LogP contribution in [0, 0.1) is 0 Å². The van der Waals surface area contributed by atoms with Crippen molar-refractivity contribution in [2.45, 2.75) is 13.3 Å². The van der Waals surface area contributed by atoms with E-state index in [1.165, 1.54) is 19.7 Å². The number of carbonyl (C=O) groups excluding carboxylic acids is 1. The van der Waals surface area contributed by atoms with E-state index in [1.54, 1.807) is 29.2 Å². The van der Waals surface area contributed by atoms with Crippen LogP contribution in [-0.4, -0.2) is 50.8 Å². The van der Waals surface area contributed by atoms with E-state index in [4.69, 9.17) is 0 Å². The number of rotatable bonds is 4. The monoisotopic (exact) mass is 338 g/mol. The second-order valence-electron chi connectivity index (χ2n) is 5.65. The van der Waals surface area contributed by atoms with Crippen molar-refractivity contribution in [1.82, 2.24) is 9.21 Å². The first-order chi connectivity index (χ1) is 10.8. The number of amides is 2. The first-order valence-electron chi connectivity index (χ1n) is 7.30. The van der Waals surface area contributed by atoms with Gasteiger partial charge in [0.1, 0.15) is 0 Å². The van der Waals surface area contributed by atoms with Crippen molar-refractivity contribution >= 4 is 27.6 Å². The molecule has 0 spiro atoms. The van der Waals surface area contributed by atoms with Crippen LogP contribution in [0.4, 0.5) is 16.2 Å². The molecule has 1 aromatic rings. The Morgan fingerprint density at radius 3 is 2.57 bits per heavy atom. The molecule has 0 saturated carbocycles. The van der Waals surface area contributed by atoms with Crippen LogP contribution in [0.15, 0.2) is 35.9 Å². The summed E-state index contributed by atoms with van der Waals surface area (Å²) in [6.45, 7) is 3.32. The number of hydrogen-bond acceptors (Lipinski definition) is 3. The minimum Gasteiger partial charge on any atom is -0.320 e. The number of hydrogen-bond donors (Lipinski definition) is 2. The van der Waals surface area contributed by atoms with Gasteiger partial charge in [0, 0.05) is 32.9 Å². The van der Waals surface area contributed by atoms with Crippen molar-refractivity contribution in [1.29, 1.82) is 0 Å². The summed E-state index contributed by atoms with van der Waals surface area (Å²) in [6.07, 6.45) is 2.90. The first kappa shape index (κ1) is 17.3. The van der Waals surface area contributed by atoms with Crippen LogP contribution in [0.1, 0.15) is 13.3 Å². The maximum absolute atomic E-state index is 12.2. The highest BCUT2D eigenvalue weighted by molar-refractivity contribution is 7.90. The third-order valence-corrected chi connectivity index (χ3v) is 5.02. The number of anilines is 2. The molecule has 0 radical (unpaired) electrons. The molecule has 0 saturated heterocycles. The molecule has 8 heteroatoms. The van der Waals surface area contributed by atoms with E-state index in [0.717, 1.165) is 10.7 Å². The number of carbonyl (C=O) groups is 1. The molecular formula is C15H22N4O3S. The van der Waals surface area contributed by atoms with E-state index >= 15 is 0 Å². The molecule has 0 bridgehead atoms. The van der Waals surface area contributed by atoms with Crippen LogP contribution < -0.4 is 10.0 Å². The van der Waals surface area contributed by atoms with Crippen molar-refractivity contribution in [2.24, 2.45) is 0 Å². The van der Waals surface area contributed by atoms with Crippen LogP contribution in [-0.2, 0) is 10.2 Å². The lowest BCUT2D eigenvalue weighted by Gasteiger charge is -2.25. The van der Waals surface area contributed by atoms with E-state index in [9.17, 15) is 13.2 Å². The highest BCUT2D eigenvalue weighted by atomic mass is 32.2. The zero-order valence-electron chi connectivity index (χ0n) is 13.5. The zero-order valence-corrected chi connectivity index (χ0v) is 14.4. The number of benzene rings is 1. The highest BCUT2D eigenvalue weighted by Gasteiger charge is 2.17. The fourth-order valence-electron chi connectivity index (χ4n) is 2.06. The molecule has 0 fully saturated rings. The van der Waals surface area contributed by atoms with Gasteiger partial charge in [0.25, 0.3) is 0 Å². The summed E-state index contributed by atoms with van der Waals surface area (Å²) in [5, 5.41) is 2.79. The summed E-state index contributed by atoms with van der Waals surface area (Å²) in [5.41, 5.74) is 2.22. The van der Waals surface area contributed by atoms with Gasteiger partial charge in [-0.3, -0.25) is 4.72 Å². The smallest absolute Gasteiger partial charge is 0.320 e. The van der Waals surface area contributed by atoms with E-state index in [-0.39, 0.29) is 6.03 Å². The fraction of sp³-hybridized carbons (Fsp3) is 0.400. The average Bonchev–Trinajstić information content (AvgIpc) is 2.47. The molecule has 126 valence electrons. The molecule has 0 unspecified atom stereocenters. The minimum atomic E-state index is -3.57. The Morgan fingerprint density at radius 2 is 1.96 bits per heavy atom. The van der Waals surface area contributed by atoms with Gasteiger partial charge < -0.3 is 10.2 Å². The summed E-state index contributed by atoms with van der Waals surface area (Å²) in [5.74, 6) is 0. The van der Waals surface area contributed by atoms with Crippen molar-refractivity contribution in [3.05, 3.63) is 35.9 Å². The van der Waals surface area contributed by atoms with E-state index in [2.05, 4.69) is 17.0 Å². The van der Waals surface area contributed by atoms with Gasteiger partial charge in [-0.05, 0) is 31.5 Å². The molecule has 1 aliphatic heterocycles. The first-order valence-corrected chi connectivity index (χ1v) is 8.74. The summed E-state index contributed by atoms with van der Waals surface area (Å²) < 4.78 is 27.2. The van der Waals surface area contributed by atoms with Gasteiger partial charge in [-0.25, -0.2) is 4.79 Å². The maximum Gasteiger partial charge on any atom is 0.322 e. The van der Waals surface area contributed by atoms with Crippen LogP contribution in [0.2, 0.25) is 0 Å². The SMILES string of the molecule is CC1=CCN(C(=O)Nc2cccc(NS(=O)(=O)N(C)C)c2)CC1. The number of nitrogens with zero attached hydrogens (tertiary/aromatic N) is 2. The third-order valence-electron chi connectivity index (χ3n) is 3.56. The minimum absolute atomic E-state index is 0.193. The van der Waals surface area contributed by atoms with Crippen LogP contribution in [0.3, 0.4) is 0 Å². The quantitative estimate of drug-likeness (QED) is 0.825. The van der Waals surface area contributed by atoms with Gasteiger partial charge in [0.15, 0.2) is 0 Å². The molecule has 1 heterocycles. The fourth-order valence-corrected chi connectivity index (χ4v) is 2.67. The lowest BCUT2D eigenvalue weighted by Crippen LogP contribution is -2.37. The Hall–Kier alpha value is -2.06. The lowest BCUT2D eigenvalue weighted by atomic mass is 10.1. The molecule has 2 rings (SSSR count). The van der Waals surface area contributed by atoms with Gasteiger partial charge in [-0.15, -0.1) is 0 Å². The summed E-state index contributed by atoms with van der Waals surface area (Å²) in [7, 11) is -0.682. The Kier molecular flexibility index (Phi) is 5.27. The summed E-state index contributed by atoms with van der Waals surface area (Å²) in [6, 6.07) is 6.43. The summed E-state index contributed by atoms with van der Waals surface area (Å²) >= 11 is 0. The molecule has 1 aliphatic rings. The topological polar surface area (TPSA) is 81.8 Å². The van der Waals surface area contributed by atoms with Gasteiger partial charge >= 0.3 is 16.2 Å². The van der Waals surface area contributed by atoms with Crippen LogP contribution in [0.25, 0.3) is 0 Å². The number of urea groups is 1. The normalized spacial score (nSPS) is 15.3. The third kappa shape index (κ3) is 4.70. The Bertz CT molecular complexity index is 713. The molecule has 0 aromatic heterocycles. The average molecular weight is 338 g/mol. The lowest BCUT2D eigenvalue weighted by molar-refractivity contribution is 0.215. The molecule has 0 atom stereocenters. The van der Waals surface area contributed by atoms with Crippen molar-refractivity contribution in [3.63, 3.8) is 0 Å². The molecule has 7 nitrogen and oxygen atoms in total. The maximum atomic E-state index is 12.2. The van der Waals surface area contributed by atoms with E-state index in [1.807, 2.05) is 6.08 Å². The Labute approximate surface area is 137 Å². The summed E-state index contributed by atoms with van der Waals surface area (Å²) in [4.78, 5) is 13.9.